The van der Waals surface area contributed by atoms with Crippen LogP contribution in [0.4, 0.5) is 11.4 Å². The van der Waals surface area contributed by atoms with E-state index in [0.717, 1.165) is 6.04 Å². The van der Waals surface area contributed by atoms with Crippen LogP contribution in [-0.4, -0.2) is 41.7 Å². The van der Waals surface area contributed by atoms with Gasteiger partial charge in [-0.2, -0.15) is 10.2 Å². The van der Waals surface area contributed by atoms with E-state index < -0.39 is 18.9 Å². The highest BCUT2D eigenvalue weighted by molar-refractivity contribution is 6.76. The summed E-state index contributed by atoms with van der Waals surface area (Å²) >= 11 is 0. The number of fused-ring (bicyclic) bond motifs is 1. The molecule has 0 aliphatic carbocycles. The van der Waals surface area contributed by atoms with Crippen LogP contribution in [0.3, 0.4) is 0 Å². The van der Waals surface area contributed by atoms with Gasteiger partial charge in [-0.05, 0) is 36.4 Å². The molecule has 1 amide bonds. The Morgan fingerprint density at radius 1 is 1.24 bits per heavy atom. The maximum atomic E-state index is 12.3. The lowest BCUT2D eigenvalue weighted by atomic mass is 10.2. The summed E-state index contributed by atoms with van der Waals surface area (Å²) in [5.41, 5.74) is 1.91. The van der Waals surface area contributed by atoms with Crippen LogP contribution in [0, 0.1) is 21.4 Å². The number of hydrogen-bond donors (Lipinski definition) is 1. The number of carbonyl (C=O) groups is 1. The predicted molar refractivity (Wildman–Crippen MR) is 126 cm³/mol. The van der Waals surface area contributed by atoms with Crippen LogP contribution in [0.5, 0.6) is 6.01 Å². The molecule has 10 nitrogen and oxygen atoms in total. The van der Waals surface area contributed by atoms with Crippen molar-refractivity contribution < 1.29 is 19.2 Å². The smallest absolute Gasteiger partial charge is 0.299 e. The molecule has 0 unspecified atom stereocenters. The fraction of sp³-hybridized carbons (Fsp3) is 0.318. The van der Waals surface area contributed by atoms with Gasteiger partial charge in [0.25, 0.3) is 17.6 Å². The van der Waals surface area contributed by atoms with E-state index in [1.807, 2.05) is 6.07 Å². The molecule has 0 fully saturated rings. The number of imidazole rings is 1. The number of nitriles is 1. The summed E-state index contributed by atoms with van der Waals surface area (Å²) in [6.45, 7) is 7.15. The van der Waals surface area contributed by atoms with Crippen molar-refractivity contribution in [2.45, 2.75) is 32.4 Å². The summed E-state index contributed by atoms with van der Waals surface area (Å²) in [6, 6.07) is 13.9. The van der Waals surface area contributed by atoms with Gasteiger partial charge in [0, 0.05) is 32.5 Å². The van der Waals surface area contributed by atoms with Crippen molar-refractivity contribution in [3.8, 4) is 12.1 Å². The Morgan fingerprint density at radius 2 is 1.97 bits per heavy atom. The number of benzene rings is 2. The molecule has 0 saturated heterocycles. The Labute approximate surface area is 191 Å². The normalized spacial score (nSPS) is 11.2. The first-order valence-corrected chi connectivity index (χ1v) is 14.0. The van der Waals surface area contributed by atoms with Gasteiger partial charge in [-0.25, -0.2) is 0 Å². The quantitative estimate of drug-likeness (QED) is 0.205. The Morgan fingerprint density at radius 3 is 2.61 bits per heavy atom. The first-order valence-electron chi connectivity index (χ1n) is 10.3. The van der Waals surface area contributed by atoms with E-state index >= 15 is 0 Å². The lowest BCUT2D eigenvalue weighted by Gasteiger charge is -2.16. The zero-order chi connectivity index (χ0) is 24.0. The monoisotopic (exact) mass is 467 g/mol. The molecule has 0 aliphatic rings. The lowest BCUT2D eigenvalue weighted by Crippen LogP contribution is -2.23. The molecular weight excluding hydrogens is 442 g/mol. The number of hydrogen-bond acceptors (Lipinski definition) is 7. The molecule has 0 saturated carbocycles. The van der Waals surface area contributed by atoms with E-state index in [4.69, 9.17) is 14.7 Å². The molecular formula is C22H25N5O5Si. The number of nitro benzene ring substituents is 1. The van der Waals surface area contributed by atoms with E-state index in [2.05, 4.69) is 29.9 Å². The number of amides is 1. The second-order valence-electron chi connectivity index (χ2n) is 8.63. The number of nitrogens with zero attached hydrogens (tertiary/aromatic N) is 4. The predicted octanol–water partition coefficient (Wildman–Crippen LogP) is 4.15. The molecule has 0 bridgehead atoms. The molecule has 2 aromatic carbocycles. The van der Waals surface area contributed by atoms with E-state index in [1.165, 1.54) is 12.1 Å². The number of aromatic nitrogens is 2. The van der Waals surface area contributed by atoms with E-state index in [0.29, 0.717) is 28.9 Å². The summed E-state index contributed by atoms with van der Waals surface area (Å²) in [6.07, 6.45) is 0. The highest BCUT2D eigenvalue weighted by Crippen LogP contribution is 2.26. The topological polar surface area (TPSA) is 132 Å². The zero-order valence-electron chi connectivity index (χ0n) is 18.7. The van der Waals surface area contributed by atoms with Crippen molar-refractivity contribution in [3.63, 3.8) is 0 Å². The third kappa shape index (κ3) is 6.61. The van der Waals surface area contributed by atoms with Crippen LogP contribution >= 0.6 is 0 Å². The number of nitrogens with one attached hydrogen (secondary N) is 1. The molecule has 1 aromatic heterocycles. The SMILES string of the molecule is C[Si](C)(C)CCOCn1c(OCC(=O)Nc2ccc(C#N)cc2)nc2cc([N+](=O)[O-])ccc21. The Kier molecular flexibility index (Phi) is 7.42. The molecule has 11 heteroatoms. The highest BCUT2D eigenvalue weighted by Gasteiger charge is 2.18. The molecule has 172 valence electrons. The van der Waals surface area contributed by atoms with Crippen LogP contribution in [0.15, 0.2) is 42.5 Å². The van der Waals surface area contributed by atoms with Crippen LogP contribution in [0.1, 0.15) is 5.56 Å². The zero-order valence-corrected chi connectivity index (χ0v) is 19.7. The third-order valence-electron chi connectivity index (χ3n) is 4.75. The third-order valence-corrected chi connectivity index (χ3v) is 6.46. The molecule has 0 atom stereocenters. The molecule has 3 rings (SSSR count). The van der Waals surface area contributed by atoms with E-state index in [-0.39, 0.29) is 25.0 Å². The van der Waals surface area contributed by atoms with Gasteiger partial charge in [-0.15, -0.1) is 0 Å². The van der Waals surface area contributed by atoms with Crippen molar-refractivity contribution in [1.82, 2.24) is 9.55 Å². The molecule has 0 aliphatic heterocycles. The summed E-state index contributed by atoms with van der Waals surface area (Å²) in [4.78, 5) is 27.3. The van der Waals surface area contributed by atoms with Gasteiger partial charge in [0.1, 0.15) is 6.73 Å². The number of non-ortho nitro benzene ring substituents is 1. The molecule has 0 spiro atoms. The van der Waals surface area contributed by atoms with Gasteiger partial charge in [-0.1, -0.05) is 19.6 Å². The fourth-order valence-corrected chi connectivity index (χ4v) is 3.69. The molecule has 3 aromatic rings. The summed E-state index contributed by atoms with van der Waals surface area (Å²) < 4.78 is 13.1. The molecule has 1 N–H and O–H groups in total. The number of carbonyl (C=O) groups excluding carboxylic acids is 1. The van der Waals surface area contributed by atoms with Crippen LogP contribution in [-0.2, 0) is 16.3 Å². The fourth-order valence-electron chi connectivity index (χ4n) is 2.93. The Bertz CT molecular complexity index is 1190. The van der Waals surface area contributed by atoms with Gasteiger partial charge in [0.2, 0.25) is 0 Å². The summed E-state index contributed by atoms with van der Waals surface area (Å²) in [5.74, 6) is -0.413. The number of rotatable bonds is 10. The number of anilines is 1. The average molecular weight is 468 g/mol. The Balaban J connectivity index is 1.73. The summed E-state index contributed by atoms with van der Waals surface area (Å²) in [7, 11) is -1.27. The van der Waals surface area contributed by atoms with Crippen molar-refractivity contribution in [3.05, 3.63) is 58.1 Å². The van der Waals surface area contributed by atoms with Crippen LogP contribution in [0.2, 0.25) is 25.7 Å². The van der Waals surface area contributed by atoms with Gasteiger partial charge in [0.05, 0.1) is 27.6 Å². The molecule has 33 heavy (non-hydrogen) atoms. The van der Waals surface area contributed by atoms with Crippen LogP contribution in [0.25, 0.3) is 11.0 Å². The average Bonchev–Trinajstić information content (AvgIpc) is 3.11. The van der Waals surface area contributed by atoms with Gasteiger partial charge < -0.3 is 14.8 Å². The molecule has 1 heterocycles. The van der Waals surface area contributed by atoms with E-state index in [9.17, 15) is 14.9 Å². The standard InChI is InChI=1S/C22H25N5O5Si/c1-33(2,3)11-10-31-15-26-20-9-8-18(27(29)30)12-19(20)25-22(26)32-14-21(28)24-17-6-4-16(13-23)5-7-17/h4-9,12H,10-11,14-15H2,1-3H3,(H,24,28). The maximum absolute atomic E-state index is 12.3. The van der Waals surface area contributed by atoms with Gasteiger partial charge in [0.15, 0.2) is 6.61 Å². The lowest BCUT2D eigenvalue weighted by molar-refractivity contribution is -0.384. The minimum Gasteiger partial charge on any atom is -0.454 e. The second kappa shape index (κ2) is 10.2. The summed E-state index contributed by atoms with van der Waals surface area (Å²) in [5, 5.41) is 22.7. The number of ether oxygens (including phenoxy) is 2. The van der Waals surface area contributed by atoms with Crippen molar-refractivity contribution >= 4 is 36.4 Å². The van der Waals surface area contributed by atoms with Crippen molar-refractivity contribution in [2.24, 2.45) is 0 Å². The minimum absolute atomic E-state index is 0.0862. The van der Waals surface area contributed by atoms with Crippen molar-refractivity contribution in [2.75, 3.05) is 18.5 Å². The van der Waals surface area contributed by atoms with E-state index in [1.54, 1.807) is 34.9 Å². The maximum Gasteiger partial charge on any atom is 0.299 e. The van der Waals surface area contributed by atoms with Crippen LogP contribution < -0.4 is 10.1 Å². The van der Waals surface area contributed by atoms with Gasteiger partial charge in [-0.3, -0.25) is 19.5 Å². The Hall–Kier alpha value is -3.75. The first kappa shape index (κ1) is 23.9. The number of nitro groups is 1. The molecule has 0 radical (unpaired) electrons. The minimum atomic E-state index is -1.27. The second-order valence-corrected chi connectivity index (χ2v) is 14.2. The van der Waals surface area contributed by atoms with Crippen molar-refractivity contribution in [1.29, 1.82) is 5.26 Å². The first-order chi connectivity index (χ1) is 15.7. The highest BCUT2D eigenvalue weighted by atomic mass is 28.3. The largest absolute Gasteiger partial charge is 0.454 e. The van der Waals surface area contributed by atoms with Gasteiger partial charge >= 0.3 is 0 Å².